The van der Waals surface area contributed by atoms with Gasteiger partial charge >= 0.3 is 6.03 Å². The molecule has 0 unspecified atom stereocenters. The Balaban J connectivity index is 1.52. The van der Waals surface area contributed by atoms with Crippen LogP contribution in [0.25, 0.3) is 0 Å². The van der Waals surface area contributed by atoms with E-state index in [9.17, 15) is 9.59 Å². The summed E-state index contributed by atoms with van der Waals surface area (Å²) in [6.07, 6.45) is 5.35. The molecule has 150 valence electrons. The van der Waals surface area contributed by atoms with Gasteiger partial charge in [-0.2, -0.15) is 0 Å². The van der Waals surface area contributed by atoms with Crippen molar-refractivity contribution in [1.29, 1.82) is 0 Å². The second-order valence-electron chi connectivity index (χ2n) is 7.23. The number of carbonyl (C=O) groups excluding carboxylic acids is 2. The zero-order valence-electron chi connectivity index (χ0n) is 16.2. The highest BCUT2D eigenvalue weighted by Crippen LogP contribution is 2.18. The molecule has 0 aliphatic carbocycles. The standard InChI is InChI=1S/C20H26ClN5O2/c1-14-8-15(5-6-18(14)21)10-23-20(28)25(2)17-4-3-7-26(12-17)19(27)9-16-11-22-13-24-16/h5-6,8,11,13,17H,3-4,7,9-10,12H2,1-2H3,(H,22,24)(H,23,28)/t17-/m1/s1. The highest BCUT2D eigenvalue weighted by atomic mass is 35.5. The molecule has 2 aromatic rings. The van der Waals surface area contributed by atoms with Crippen LogP contribution in [0.5, 0.6) is 0 Å². The monoisotopic (exact) mass is 403 g/mol. The van der Waals surface area contributed by atoms with Crippen molar-refractivity contribution in [3.8, 4) is 0 Å². The van der Waals surface area contributed by atoms with Gasteiger partial charge in [0.05, 0.1) is 24.5 Å². The molecule has 1 aliphatic rings. The van der Waals surface area contributed by atoms with Crippen molar-refractivity contribution in [3.63, 3.8) is 0 Å². The Labute approximate surface area is 170 Å². The number of urea groups is 1. The number of piperidine rings is 1. The molecule has 0 spiro atoms. The van der Waals surface area contributed by atoms with Crippen LogP contribution in [0.15, 0.2) is 30.7 Å². The third-order valence-corrected chi connectivity index (χ3v) is 5.59. The lowest BCUT2D eigenvalue weighted by Gasteiger charge is -2.37. The van der Waals surface area contributed by atoms with E-state index in [1.165, 1.54) is 0 Å². The van der Waals surface area contributed by atoms with E-state index < -0.39 is 0 Å². The first-order valence-electron chi connectivity index (χ1n) is 9.45. The van der Waals surface area contributed by atoms with Gasteiger partial charge in [0.25, 0.3) is 0 Å². The van der Waals surface area contributed by atoms with Gasteiger partial charge in [-0.05, 0) is 37.0 Å². The van der Waals surface area contributed by atoms with Gasteiger partial charge < -0.3 is 20.1 Å². The van der Waals surface area contributed by atoms with Gasteiger partial charge in [0, 0.05) is 37.9 Å². The second kappa shape index (κ2) is 9.10. The zero-order chi connectivity index (χ0) is 20.1. The number of likely N-dealkylation sites (tertiary alicyclic amines) is 1. The number of halogens is 1. The van der Waals surface area contributed by atoms with Gasteiger partial charge in [0.15, 0.2) is 0 Å². The summed E-state index contributed by atoms with van der Waals surface area (Å²) in [5.41, 5.74) is 2.72. The Morgan fingerprint density at radius 3 is 2.96 bits per heavy atom. The summed E-state index contributed by atoms with van der Waals surface area (Å²) in [5.74, 6) is 0.0437. The van der Waals surface area contributed by atoms with E-state index in [2.05, 4.69) is 15.3 Å². The van der Waals surface area contributed by atoms with E-state index >= 15 is 0 Å². The predicted molar refractivity (Wildman–Crippen MR) is 108 cm³/mol. The van der Waals surface area contributed by atoms with E-state index in [1.807, 2.05) is 30.0 Å². The Hall–Kier alpha value is -2.54. The number of amides is 3. The largest absolute Gasteiger partial charge is 0.351 e. The average Bonchev–Trinajstić information content (AvgIpc) is 3.21. The number of aromatic amines is 1. The fourth-order valence-electron chi connectivity index (χ4n) is 3.44. The molecule has 1 aromatic carbocycles. The summed E-state index contributed by atoms with van der Waals surface area (Å²) in [6, 6.07) is 5.58. The molecule has 2 N–H and O–H groups in total. The molecular formula is C20H26ClN5O2. The van der Waals surface area contributed by atoms with Gasteiger partial charge in [0.2, 0.25) is 5.91 Å². The summed E-state index contributed by atoms with van der Waals surface area (Å²) in [7, 11) is 1.79. The molecule has 7 nitrogen and oxygen atoms in total. The van der Waals surface area contributed by atoms with Crippen molar-refractivity contribution in [3.05, 3.63) is 52.6 Å². The van der Waals surface area contributed by atoms with Gasteiger partial charge in [-0.15, -0.1) is 0 Å². The number of hydrogen-bond acceptors (Lipinski definition) is 3. The fraction of sp³-hybridized carbons (Fsp3) is 0.450. The molecule has 1 aliphatic heterocycles. The van der Waals surface area contributed by atoms with Crippen LogP contribution < -0.4 is 5.32 Å². The zero-order valence-corrected chi connectivity index (χ0v) is 17.0. The van der Waals surface area contributed by atoms with Gasteiger partial charge in [-0.1, -0.05) is 23.7 Å². The summed E-state index contributed by atoms with van der Waals surface area (Å²) in [6.45, 7) is 3.65. The number of likely N-dealkylation sites (N-methyl/N-ethyl adjacent to an activating group) is 1. The van der Waals surface area contributed by atoms with Crippen LogP contribution in [0, 0.1) is 6.92 Å². The molecule has 28 heavy (non-hydrogen) atoms. The summed E-state index contributed by atoms with van der Waals surface area (Å²) in [5, 5.41) is 3.67. The van der Waals surface area contributed by atoms with Crippen LogP contribution in [0.3, 0.4) is 0 Å². The minimum absolute atomic E-state index is 0.00355. The molecule has 0 radical (unpaired) electrons. The molecule has 1 aromatic heterocycles. The quantitative estimate of drug-likeness (QED) is 0.805. The van der Waals surface area contributed by atoms with Crippen molar-refractivity contribution in [2.24, 2.45) is 0 Å². The topological polar surface area (TPSA) is 81.3 Å². The molecule has 1 atom stereocenters. The average molecular weight is 404 g/mol. The first-order valence-corrected chi connectivity index (χ1v) is 9.83. The number of aryl methyl sites for hydroxylation is 1. The number of aromatic nitrogens is 2. The summed E-state index contributed by atoms with van der Waals surface area (Å²) < 4.78 is 0. The third kappa shape index (κ3) is 5.04. The number of nitrogens with zero attached hydrogens (tertiary/aromatic N) is 3. The minimum Gasteiger partial charge on any atom is -0.351 e. The third-order valence-electron chi connectivity index (χ3n) is 5.17. The number of rotatable bonds is 5. The van der Waals surface area contributed by atoms with Crippen LogP contribution in [-0.4, -0.2) is 57.9 Å². The number of benzene rings is 1. The lowest BCUT2D eigenvalue weighted by atomic mass is 10.0. The first kappa shape index (κ1) is 20.2. The predicted octanol–water partition coefficient (Wildman–Crippen LogP) is 2.75. The maximum absolute atomic E-state index is 12.6. The number of H-pyrrole nitrogens is 1. The van der Waals surface area contributed by atoms with Gasteiger partial charge in [0.1, 0.15) is 0 Å². The minimum atomic E-state index is -0.140. The fourth-order valence-corrected chi connectivity index (χ4v) is 3.55. The molecule has 0 saturated carbocycles. The lowest BCUT2D eigenvalue weighted by molar-refractivity contribution is -0.132. The molecule has 8 heteroatoms. The van der Waals surface area contributed by atoms with Gasteiger partial charge in [-0.25, -0.2) is 9.78 Å². The van der Waals surface area contributed by atoms with Crippen LogP contribution in [0.1, 0.15) is 29.7 Å². The second-order valence-corrected chi connectivity index (χ2v) is 7.63. The molecule has 1 fully saturated rings. The number of hydrogen-bond donors (Lipinski definition) is 2. The molecular weight excluding hydrogens is 378 g/mol. The van der Waals surface area contributed by atoms with Crippen LogP contribution >= 0.6 is 11.6 Å². The van der Waals surface area contributed by atoms with Crippen molar-refractivity contribution >= 4 is 23.5 Å². The van der Waals surface area contributed by atoms with Crippen molar-refractivity contribution in [2.45, 2.75) is 38.8 Å². The van der Waals surface area contributed by atoms with Crippen LogP contribution in [-0.2, 0) is 17.8 Å². The summed E-state index contributed by atoms with van der Waals surface area (Å²) >= 11 is 6.05. The van der Waals surface area contributed by atoms with Crippen molar-refractivity contribution < 1.29 is 9.59 Å². The Kier molecular flexibility index (Phi) is 6.57. The Morgan fingerprint density at radius 2 is 2.25 bits per heavy atom. The number of nitrogens with one attached hydrogen (secondary N) is 2. The van der Waals surface area contributed by atoms with Crippen LogP contribution in [0.2, 0.25) is 5.02 Å². The molecule has 2 heterocycles. The van der Waals surface area contributed by atoms with E-state index in [0.717, 1.165) is 36.2 Å². The Morgan fingerprint density at radius 1 is 1.43 bits per heavy atom. The normalized spacial score (nSPS) is 16.7. The maximum atomic E-state index is 12.6. The SMILES string of the molecule is Cc1cc(CNC(=O)N(C)[C@@H]2CCCN(C(=O)Cc3c[nH]cn3)C2)ccc1Cl. The van der Waals surface area contributed by atoms with E-state index in [4.69, 9.17) is 11.6 Å². The molecule has 1 saturated heterocycles. The Bertz CT molecular complexity index is 824. The lowest BCUT2D eigenvalue weighted by Crippen LogP contribution is -2.52. The molecule has 3 amide bonds. The highest BCUT2D eigenvalue weighted by Gasteiger charge is 2.28. The number of carbonyl (C=O) groups is 2. The molecule has 0 bridgehead atoms. The first-order chi connectivity index (χ1) is 13.4. The van der Waals surface area contributed by atoms with E-state index in [1.54, 1.807) is 24.5 Å². The van der Waals surface area contributed by atoms with Crippen LogP contribution in [0.4, 0.5) is 4.79 Å². The van der Waals surface area contributed by atoms with Gasteiger partial charge in [-0.3, -0.25) is 4.79 Å². The van der Waals surface area contributed by atoms with Crippen molar-refractivity contribution in [1.82, 2.24) is 25.1 Å². The molecule has 3 rings (SSSR count). The maximum Gasteiger partial charge on any atom is 0.317 e. The van der Waals surface area contributed by atoms with Crippen molar-refractivity contribution in [2.75, 3.05) is 20.1 Å². The number of imidazole rings is 1. The van der Waals surface area contributed by atoms with E-state index in [-0.39, 0.29) is 24.4 Å². The van der Waals surface area contributed by atoms with E-state index in [0.29, 0.717) is 18.1 Å². The smallest absolute Gasteiger partial charge is 0.317 e. The summed E-state index contributed by atoms with van der Waals surface area (Å²) in [4.78, 5) is 35.6. The highest BCUT2D eigenvalue weighted by molar-refractivity contribution is 6.31.